The van der Waals surface area contributed by atoms with Gasteiger partial charge in [0, 0.05) is 11.6 Å². The number of nitrogens with zero attached hydrogens (tertiary/aromatic N) is 1. The van der Waals surface area contributed by atoms with E-state index in [2.05, 4.69) is 5.32 Å². The molecule has 0 heterocycles. The Labute approximate surface area is 99.0 Å². The van der Waals surface area contributed by atoms with Gasteiger partial charge >= 0.3 is 0 Å². The number of halogens is 1. The molecule has 1 aromatic rings. The van der Waals surface area contributed by atoms with E-state index in [1.54, 1.807) is 0 Å². The van der Waals surface area contributed by atoms with Gasteiger partial charge in [0.2, 0.25) is 0 Å². The fraction of sp³-hybridized carbons (Fsp3) is 0.500. The molecule has 1 aliphatic rings. The molecular formula is C12H15FN2O2. The van der Waals surface area contributed by atoms with Crippen molar-refractivity contribution in [1.82, 2.24) is 0 Å². The molecule has 0 radical (unpaired) electrons. The van der Waals surface area contributed by atoms with E-state index < -0.39 is 10.7 Å². The average Bonchev–Trinajstić information content (AvgIpc) is 3.04. The Morgan fingerprint density at radius 1 is 1.47 bits per heavy atom. The highest BCUT2D eigenvalue weighted by Gasteiger charge is 2.38. The summed E-state index contributed by atoms with van der Waals surface area (Å²) in [6.07, 6.45) is 2.29. The molecule has 0 unspecified atom stereocenters. The Morgan fingerprint density at radius 3 is 2.59 bits per heavy atom. The first kappa shape index (κ1) is 11.8. The van der Waals surface area contributed by atoms with E-state index in [4.69, 9.17) is 0 Å². The third-order valence-electron chi connectivity index (χ3n) is 3.22. The van der Waals surface area contributed by atoms with Gasteiger partial charge in [-0.2, -0.15) is 0 Å². The topological polar surface area (TPSA) is 55.2 Å². The summed E-state index contributed by atoms with van der Waals surface area (Å²) in [4.78, 5) is 9.89. The average molecular weight is 238 g/mol. The van der Waals surface area contributed by atoms with Crippen LogP contribution in [0.1, 0.15) is 26.7 Å². The molecule has 0 atom stereocenters. The summed E-state index contributed by atoms with van der Waals surface area (Å²) in [6.45, 7) is 4.04. The lowest BCUT2D eigenvalue weighted by atomic mass is 9.98. The molecular weight excluding hydrogens is 223 g/mol. The van der Waals surface area contributed by atoms with Gasteiger partial charge in [-0.1, -0.05) is 0 Å². The highest BCUT2D eigenvalue weighted by molar-refractivity contribution is 5.51. The third kappa shape index (κ3) is 2.54. The maximum absolute atomic E-state index is 13.7. The number of hydrogen-bond acceptors (Lipinski definition) is 3. The summed E-state index contributed by atoms with van der Waals surface area (Å²) in [5, 5.41) is 13.6. The molecule has 2 rings (SSSR count). The van der Waals surface area contributed by atoms with E-state index in [1.807, 2.05) is 13.8 Å². The van der Waals surface area contributed by atoms with Crippen LogP contribution < -0.4 is 5.32 Å². The SMILES string of the molecule is CC(C)(Nc1ccc([N+](=O)[O-])cc1F)C1CC1. The molecule has 1 aliphatic carbocycles. The Kier molecular flexibility index (Phi) is 2.77. The molecule has 0 aliphatic heterocycles. The Hall–Kier alpha value is -1.65. The molecule has 1 saturated carbocycles. The number of anilines is 1. The molecule has 1 aromatic carbocycles. The van der Waals surface area contributed by atoms with Crippen molar-refractivity contribution in [3.63, 3.8) is 0 Å². The Bertz CT molecular complexity index is 456. The van der Waals surface area contributed by atoms with Crippen LogP contribution in [0.4, 0.5) is 15.8 Å². The lowest BCUT2D eigenvalue weighted by Gasteiger charge is -2.27. The second-order valence-corrected chi connectivity index (χ2v) is 5.04. The fourth-order valence-electron chi connectivity index (χ4n) is 1.97. The molecule has 5 heteroatoms. The standard InChI is InChI=1S/C12H15FN2O2/c1-12(2,8-3-4-8)14-11-6-5-9(15(16)17)7-10(11)13/h5-8,14H,3-4H2,1-2H3. The predicted octanol–water partition coefficient (Wildman–Crippen LogP) is 3.33. The predicted molar refractivity (Wildman–Crippen MR) is 63.5 cm³/mol. The van der Waals surface area contributed by atoms with E-state index in [9.17, 15) is 14.5 Å². The molecule has 1 fully saturated rings. The van der Waals surface area contributed by atoms with Crippen molar-refractivity contribution in [2.75, 3.05) is 5.32 Å². The minimum absolute atomic E-state index is 0.170. The normalized spacial score (nSPS) is 15.7. The van der Waals surface area contributed by atoms with E-state index in [0.717, 1.165) is 18.9 Å². The lowest BCUT2D eigenvalue weighted by molar-refractivity contribution is -0.385. The molecule has 4 nitrogen and oxygen atoms in total. The van der Waals surface area contributed by atoms with E-state index >= 15 is 0 Å². The number of non-ortho nitro benzene ring substituents is 1. The maximum atomic E-state index is 13.7. The zero-order chi connectivity index (χ0) is 12.6. The van der Waals surface area contributed by atoms with Crippen LogP contribution in [0.2, 0.25) is 0 Å². The minimum Gasteiger partial charge on any atom is -0.378 e. The molecule has 0 amide bonds. The van der Waals surface area contributed by atoms with Crippen molar-refractivity contribution in [2.45, 2.75) is 32.2 Å². The van der Waals surface area contributed by atoms with Gasteiger partial charge < -0.3 is 5.32 Å². The van der Waals surface area contributed by atoms with Crippen molar-refractivity contribution >= 4 is 11.4 Å². The van der Waals surface area contributed by atoms with Gasteiger partial charge in [0.15, 0.2) is 5.82 Å². The van der Waals surface area contributed by atoms with Gasteiger partial charge in [-0.25, -0.2) is 4.39 Å². The smallest absolute Gasteiger partial charge is 0.272 e. The van der Waals surface area contributed by atoms with Gasteiger partial charge in [-0.3, -0.25) is 10.1 Å². The van der Waals surface area contributed by atoms with E-state index in [0.29, 0.717) is 11.6 Å². The third-order valence-corrected chi connectivity index (χ3v) is 3.22. The van der Waals surface area contributed by atoms with Crippen LogP contribution >= 0.6 is 0 Å². The van der Waals surface area contributed by atoms with E-state index in [1.165, 1.54) is 12.1 Å². The summed E-state index contributed by atoms with van der Waals surface area (Å²) >= 11 is 0. The van der Waals surface area contributed by atoms with Crippen LogP contribution in [0.25, 0.3) is 0 Å². The first-order valence-electron chi connectivity index (χ1n) is 5.62. The highest BCUT2D eigenvalue weighted by Crippen LogP contribution is 2.41. The van der Waals surface area contributed by atoms with Crippen molar-refractivity contribution < 1.29 is 9.31 Å². The minimum atomic E-state index is -0.598. The highest BCUT2D eigenvalue weighted by atomic mass is 19.1. The molecule has 0 saturated heterocycles. The van der Waals surface area contributed by atoms with Crippen molar-refractivity contribution in [3.8, 4) is 0 Å². The second-order valence-electron chi connectivity index (χ2n) is 5.04. The maximum Gasteiger partial charge on any atom is 0.272 e. The molecule has 17 heavy (non-hydrogen) atoms. The van der Waals surface area contributed by atoms with Crippen LogP contribution in [0.5, 0.6) is 0 Å². The summed E-state index contributed by atoms with van der Waals surface area (Å²) in [7, 11) is 0. The van der Waals surface area contributed by atoms with Crippen LogP contribution in [0, 0.1) is 21.8 Å². The Balaban J connectivity index is 2.19. The lowest BCUT2D eigenvalue weighted by Crippen LogP contribution is -2.33. The van der Waals surface area contributed by atoms with Crippen LogP contribution in [-0.4, -0.2) is 10.5 Å². The summed E-state index contributed by atoms with van der Waals surface area (Å²) in [5.74, 6) is -0.0231. The van der Waals surface area contributed by atoms with Gasteiger partial charge in [-0.05, 0) is 38.7 Å². The number of benzene rings is 1. The summed E-state index contributed by atoms with van der Waals surface area (Å²) in [5.41, 5.74) is -0.0680. The van der Waals surface area contributed by atoms with Gasteiger partial charge in [0.1, 0.15) is 0 Å². The van der Waals surface area contributed by atoms with Crippen LogP contribution in [-0.2, 0) is 0 Å². The number of nitro groups is 1. The monoisotopic (exact) mass is 238 g/mol. The zero-order valence-corrected chi connectivity index (χ0v) is 9.87. The first-order chi connectivity index (χ1) is 7.90. The van der Waals surface area contributed by atoms with Gasteiger partial charge in [0.25, 0.3) is 5.69 Å². The van der Waals surface area contributed by atoms with Crippen molar-refractivity contribution in [3.05, 3.63) is 34.1 Å². The number of rotatable bonds is 4. The number of nitrogens with one attached hydrogen (secondary N) is 1. The summed E-state index contributed by atoms with van der Waals surface area (Å²) in [6, 6.07) is 3.69. The summed E-state index contributed by atoms with van der Waals surface area (Å²) < 4.78 is 13.7. The van der Waals surface area contributed by atoms with Crippen molar-refractivity contribution in [1.29, 1.82) is 0 Å². The quantitative estimate of drug-likeness (QED) is 0.646. The van der Waals surface area contributed by atoms with Crippen LogP contribution in [0.3, 0.4) is 0 Å². The number of hydrogen-bond donors (Lipinski definition) is 1. The van der Waals surface area contributed by atoms with Gasteiger partial charge in [-0.15, -0.1) is 0 Å². The first-order valence-corrected chi connectivity index (χ1v) is 5.62. The fourth-order valence-corrected chi connectivity index (χ4v) is 1.97. The molecule has 0 bridgehead atoms. The molecule has 1 N–H and O–H groups in total. The largest absolute Gasteiger partial charge is 0.378 e. The van der Waals surface area contributed by atoms with Crippen molar-refractivity contribution in [2.24, 2.45) is 5.92 Å². The van der Waals surface area contributed by atoms with Gasteiger partial charge in [0.05, 0.1) is 16.7 Å². The molecule has 0 aromatic heterocycles. The number of nitro benzene ring substituents is 1. The van der Waals surface area contributed by atoms with E-state index in [-0.39, 0.29) is 11.2 Å². The molecule has 92 valence electrons. The second kappa shape index (κ2) is 3.98. The molecule has 0 spiro atoms. The van der Waals surface area contributed by atoms with Crippen LogP contribution in [0.15, 0.2) is 18.2 Å². The Morgan fingerprint density at radius 2 is 2.12 bits per heavy atom. The zero-order valence-electron chi connectivity index (χ0n) is 9.87.